The van der Waals surface area contributed by atoms with Crippen molar-refractivity contribution in [3.63, 3.8) is 0 Å². The van der Waals surface area contributed by atoms with Crippen LogP contribution in [-0.2, 0) is 9.47 Å². The molecule has 0 aromatic carbocycles. The Morgan fingerprint density at radius 2 is 1.92 bits per heavy atom. The Morgan fingerprint density at radius 1 is 1.42 bits per heavy atom. The van der Waals surface area contributed by atoms with E-state index in [1.54, 1.807) is 6.92 Å². The highest BCUT2D eigenvalue weighted by Gasteiger charge is 2.24. The molecule has 12 heavy (non-hydrogen) atoms. The van der Waals surface area contributed by atoms with Gasteiger partial charge in [0.15, 0.2) is 0 Å². The quantitative estimate of drug-likeness (QED) is 0.603. The Kier molecular flexibility index (Phi) is 4.07. The summed E-state index contributed by atoms with van der Waals surface area (Å²) in [7, 11) is 0. The van der Waals surface area contributed by atoms with E-state index < -0.39 is 6.16 Å². The molecular formula is C9H18O3. The van der Waals surface area contributed by atoms with Crippen molar-refractivity contribution in [3.05, 3.63) is 0 Å². The second-order valence-corrected chi connectivity index (χ2v) is 3.81. The minimum atomic E-state index is -0.583. The fourth-order valence-corrected chi connectivity index (χ4v) is 0.473. The molecule has 0 bridgehead atoms. The van der Waals surface area contributed by atoms with E-state index in [2.05, 4.69) is 4.74 Å². The highest BCUT2D eigenvalue weighted by molar-refractivity contribution is 5.60. The zero-order chi connectivity index (χ0) is 9.78. The molecule has 0 saturated heterocycles. The lowest BCUT2D eigenvalue weighted by Crippen LogP contribution is -2.28. The molecule has 3 nitrogen and oxygen atoms in total. The van der Waals surface area contributed by atoms with Gasteiger partial charge in [-0.1, -0.05) is 20.8 Å². The Morgan fingerprint density at radius 3 is 2.25 bits per heavy atom. The Balaban J connectivity index is 3.84. The van der Waals surface area contributed by atoms with Gasteiger partial charge in [-0.15, -0.1) is 0 Å². The van der Waals surface area contributed by atoms with Crippen molar-refractivity contribution in [2.45, 2.75) is 40.7 Å². The number of ether oxygens (including phenoxy) is 2. The summed E-state index contributed by atoms with van der Waals surface area (Å²) in [5.74, 6) is 0. The molecule has 0 aliphatic rings. The number of hydrogen-bond acceptors (Lipinski definition) is 3. The summed E-state index contributed by atoms with van der Waals surface area (Å²) in [6.07, 6.45) is -0.712. The van der Waals surface area contributed by atoms with Crippen molar-refractivity contribution in [2.24, 2.45) is 5.41 Å². The molecule has 0 saturated carbocycles. The molecule has 0 radical (unpaired) electrons. The molecular weight excluding hydrogens is 156 g/mol. The molecule has 0 fully saturated rings. The average Bonchev–Trinajstić information content (AvgIpc) is 1.85. The molecule has 1 atom stereocenters. The van der Waals surface area contributed by atoms with Crippen LogP contribution in [0.25, 0.3) is 0 Å². The fourth-order valence-electron chi connectivity index (χ4n) is 0.473. The maximum Gasteiger partial charge on any atom is 0.508 e. The normalized spacial score (nSPS) is 13.8. The van der Waals surface area contributed by atoms with Crippen LogP contribution in [0.15, 0.2) is 0 Å². The van der Waals surface area contributed by atoms with Crippen LogP contribution < -0.4 is 0 Å². The number of carbonyl (C=O) groups excluding carboxylic acids is 1. The lowest BCUT2D eigenvalue weighted by atomic mass is 9.90. The molecule has 0 aromatic rings. The lowest BCUT2D eigenvalue weighted by Gasteiger charge is -2.26. The maximum atomic E-state index is 10.9. The molecule has 0 aromatic heterocycles. The molecule has 0 amide bonds. The first-order chi connectivity index (χ1) is 5.38. The van der Waals surface area contributed by atoms with Crippen molar-refractivity contribution in [1.82, 2.24) is 0 Å². The first-order valence-electron chi connectivity index (χ1n) is 4.21. The van der Waals surface area contributed by atoms with Crippen LogP contribution in [0.4, 0.5) is 4.79 Å². The summed E-state index contributed by atoms with van der Waals surface area (Å²) in [6, 6.07) is 0. The van der Waals surface area contributed by atoms with Gasteiger partial charge in [-0.25, -0.2) is 4.79 Å². The minimum Gasteiger partial charge on any atom is -0.435 e. The third-order valence-electron chi connectivity index (χ3n) is 1.75. The van der Waals surface area contributed by atoms with Gasteiger partial charge < -0.3 is 9.47 Å². The van der Waals surface area contributed by atoms with Crippen molar-refractivity contribution >= 4 is 6.16 Å². The largest absolute Gasteiger partial charge is 0.508 e. The first-order valence-corrected chi connectivity index (χ1v) is 4.21. The van der Waals surface area contributed by atoms with Crippen LogP contribution in [0, 0.1) is 5.41 Å². The molecule has 0 rings (SSSR count). The van der Waals surface area contributed by atoms with E-state index in [4.69, 9.17) is 4.74 Å². The van der Waals surface area contributed by atoms with Crippen LogP contribution in [0.2, 0.25) is 0 Å². The standard InChI is InChI=1S/C9H18O3/c1-6-11-8(10)12-7(2)9(3,4)5/h7H,6H2,1-5H3/t7-/m1/s1. The predicted octanol–water partition coefficient (Wildman–Crippen LogP) is 2.59. The van der Waals surface area contributed by atoms with Gasteiger partial charge in [-0.3, -0.25) is 0 Å². The smallest absolute Gasteiger partial charge is 0.435 e. The van der Waals surface area contributed by atoms with E-state index in [9.17, 15) is 4.79 Å². The van der Waals surface area contributed by atoms with Crippen LogP contribution in [0.5, 0.6) is 0 Å². The predicted molar refractivity (Wildman–Crippen MR) is 47.0 cm³/mol. The van der Waals surface area contributed by atoms with Gasteiger partial charge in [0.1, 0.15) is 6.10 Å². The maximum absolute atomic E-state index is 10.9. The molecule has 0 heterocycles. The zero-order valence-corrected chi connectivity index (χ0v) is 8.51. The third kappa shape index (κ3) is 4.21. The highest BCUT2D eigenvalue weighted by Crippen LogP contribution is 2.21. The van der Waals surface area contributed by atoms with Gasteiger partial charge in [0.25, 0.3) is 0 Å². The van der Waals surface area contributed by atoms with E-state index in [1.807, 2.05) is 27.7 Å². The first kappa shape index (κ1) is 11.3. The lowest BCUT2D eigenvalue weighted by molar-refractivity contribution is -0.00642. The number of hydrogen-bond donors (Lipinski definition) is 0. The van der Waals surface area contributed by atoms with Crippen molar-refractivity contribution in [3.8, 4) is 0 Å². The van der Waals surface area contributed by atoms with Gasteiger partial charge in [-0.05, 0) is 19.3 Å². The number of rotatable bonds is 2. The highest BCUT2D eigenvalue weighted by atomic mass is 16.7. The van der Waals surface area contributed by atoms with Crippen molar-refractivity contribution in [1.29, 1.82) is 0 Å². The second-order valence-electron chi connectivity index (χ2n) is 3.81. The molecule has 3 heteroatoms. The topological polar surface area (TPSA) is 35.5 Å². The van der Waals surface area contributed by atoms with Gasteiger partial charge in [0, 0.05) is 0 Å². The van der Waals surface area contributed by atoms with Crippen LogP contribution in [0.3, 0.4) is 0 Å². The molecule has 0 spiro atoms. The Labute approximate surface area is 74.0 Å². The van der Waals surface area contributed by atoms with E-state index in [0.717, 1.165) is 0 Å². The van der Waals surface area contributed by atoms with Gasteiger partial charge in [0.2, 0.25) is 0 Å². The van der Waals surface area contributed by atoms with E-state index in [-0.39, 0.29) is 11.5 Å². The van der Waals surface area contributed by atoms with Gasteiger partial charge >= 0.3 is 6.16 Å². The molecule has 0 N–H and O–H groups in total. The Hall–Kier alpha value is -0.730. The van der Waals surface area contributed by atoms with Crippen molar-refractivity contribution < 1.29 is 14.3 Å². The zero-order valence-electron chi connectivity index (χ0n) is 8.51. The summed E-state index contributed by atoms with van der Waals surface area (Å²) < 4.78 is 9.64. The van der Waals surface area contributed by atoms with Crippen molar-refractivity contribution in [2.75, 3.05) is 6.61 Å². The summed E-state index contributed by atoms with van der Waals surface area (Å²) in [5, 5.41) is 0. The summed E-state index contributed by atoms with van der Waals surface area (Å²) in [6.45, 7) is 10.0. The summed E-state index contributed by atoms with van der Waals surface area (Å²) >= 11 is 0. The van der Waals surface area contributed by atoms with Crippen LogP contribution in [0.1, 0.15) is 34.6 Å². The van der Waals surface area contributed by atoms with Crippen LogP contribution >= 0.6 is 0 Å². The monoisotopic (exact) mass is 174 g/mol. The van der Waals surface area contributed by atoms with Gasteiger partial charge in [-0.2, -0.15) is 0 Å². The molecule has 0 aliphatic carbocycles. The average molecular weight is 174 g/mol. The summed E-state index contributed by atoms with van der Waals surface area (Å²) in [5.41, 5.74) is -0.0350. The van der Waals surface area contributed by atoms with Gasteiger partial charge in [0.05, 0.1) is 6.61 Å². The van der Waals surface area contributed by atoms with E-state index >= 15 is 0 Å². The summed E-state index contributed by atoms with van der Waals surface area (Å²) in [4.78, 5) is 10.9. The molecule has 0 aliphatic heterocycles. The minimum absolute atomic E-state index is 0.0350. The molecule has 72 valence electrons. The second kappa shape index (κ2) is 4.33. The van der Waals surface area contributed by atoms with Crippen LogP contribution in [-0.4, -0.2) is 18.9 Å². The third-order valence-corrected chi connectivity index (χ3v) is 1.75. The van der Waals surface area contributed by atoms with E-state index in [1.165, 1.54) is 0 Å². The SMILES string of the molecule is CCOC(=O)O[C@H](C)C(C)(C)C. The fraction of sp³-hybridized carbons (Fsp3) is 0.889. The Bertz CT molecular complexity index is 146. The molecule has 0 unspecified atom stereocenters. The van der Waals surface area contributed by atoms with E-state index in [0.29, 0.717) is 6.61 Å². The number of carbonyl (C=O) groups is 1.